The van der Waals surface area contributed by atoms with Crippen molar-refractivity contribution in [2.45, 2.75) is 31.7 Å². The van der Waals surface area contributed by atoms with Gasteiger partial charge in [0.1, 0.15) is 5.82 Å². The monoisotopic (exact) mass is 259 g/mol. The molecular weight excluding hydrogens is 238 g/mol. The highest BCUT2D eigenvalue weighted by Crippen LogP contribution is 2.09. The van der Waals surface area contributed by atoms with Gasteiger partial charge in [0, 0.05) is 44.3 Å². The lowest BCUT2D eigenvalue weighted by Crippen LogP contribution is -2.36. The van der Waals surface area contributed by atoms with Gasteiger partial charge in [0.15, 0.2) is 0 Å². The van der Waals surface area contributed by atoms with E-state index in [1.54, 1.807) is 0 Å². The third-order valence-electron chi connectivity index (χ3n) is 3.40. The van der Waals surface area contributed by atoms with Gasteiger partial charge in [0.2, 0.25) is 0 Å². The minimum Gasteiger partial charge on any atom is -0.338 e. The Hall–Kier alpha value is -1.72. The van der Waals surface area contributed by atoms with E-state index in [0.29, 0.717) is 6.04 Å². The summed E-state index contributed by atoms with van der Waals surface area (Å²) in [5.74, 6) is 6.73. The van der Waals surface area contributed by atoms with Crippen molar-refractivity contribution in [1.29, 1.82) is 0 Å². The molecule has 3 N–H and O–H groups in total. The Labute approximate surface area is 113 Å². The number of imidazole rings is 1. The predicted octanol–water partition coefficient (Wildman–Crippen LogP) is 1.21. The number of nitrogens with zero attached hydrogens (tertiary/aromatic N) is 3. The summed E-state index contributed by atoms with van der Waals surface area (Å²) < 4.78 is 2.05. The molecule has 5 heteroatoms. The van der Waals surface area contributed by atoms with Crippen LogP contribution >= 0.6 is 0 Å². The summed E-state index contributed by atoms with van der Waals surface area (Å²) in [4.78, 5) is 8.35. The second-order valence-corrected chi connectivity index (χ2v) is 4.75. The van der Waals surface area contributed by atoms with Crippen LogP contribution < -0.4 is 11.3 Å². The van der Waals surface area contributed by atoms with E-state index in [2.05, 4.69) is 20.0 Å². The molecule has 0 aromatic carbocycles. The summed E-state index contributed by atoms with van der Waals surface area (Å²) in [6.45, 7) is 0. The maximum Gasteiger partial charge on any atom is 0.108 e. The van der Waals surface area contributed by atoms with Crippen LogP contribution in [0.3, 0.4) is 0 Å². The van der Waals surface area contributed by atoms with Gasteiger partial charge in [-0.15, -0.1) is 0 Å². The lowest BCUT2D eigenvalue weighted by Gasteiger charge is -2.15. The average Bonchev–Trinajstić information content (AvgIpc) is 2.86. The van der Waals surface area contributed by atoms with Crippen LogP contribution in [0.25, 0.3) is 0 Å². The zero-order valence-electron chi connectivity index (χ0n) is 11.3. The van der Waals surface area contributed by atoms with E-state index in [4.69, 9.17) is 5.84 Å². The van der Waals surface area contributed by atoms with E-state index < -0.39 is 0 Å². The van der Waals surface area contributed by atoms with Gasteiger partial charge in [-0.05, 0) is 37.0 Å². The fourth-order valence-corrected chi connectivity index (χ4v) is 2.14. The van der Waals surface area contributed by atoms with Crippen LogP contribution in [0.1, 0.15) is 24.2 Å². The van der Waals surface area contributed by atoms with Crippen molar-refractivity contribution in [1.82, 2.24) is 20.0 Å². The van der Waals surface area contributed by atoms with Gasteiger partial charge in [-0.3, -0.25) is 16.3 Å². The fourth-order valence-electron chi connectivity index (χ4n) is 2.14. The van der Waals surface area contributed by atoms with Crippen LogP contribution in [0.5, 0.6) is 0 Å². The van der Waals surface area contributed by atoms with Crippen LogP contribution in [0.2, 0.25) is 0 Å². The van der Waals surface area contributed by atoms with E-state index in [9.17, 15) is 0 Å². The summed E-state index contributed by atoms with van der Waals surface area (Å²) in [6, 6.07) is 4.41. The molecule has 0 saturated heterocycles. The molecule has 1 atom stereocenters. The van der Waals surface area contributed by atoms with Gasteiger partial charge in [-0.1, -0.05) is 0 Å². The van der Waals surface area contributed by atoms with Gasteiger partial charge in [-0.2, -0.15) is 0 Å². The Kier molecular flexibility index (Phi) is 5.06. The quantitative estimate of drug-likeness (QED) is 0.579. The molecule has 2 heterocycles. The molecule has 0 aliphatic carbocycles. The van der Waals surface area contributed by atoms with Crippen LogP contribution in [0.15, 0.2) is 36.9 Å². The zero-order chi connectivity index (χ0) is 13.5. The number of aromatic nitrogens is 3. The summed E-state index contributed by atoms with van der Waals surface area (Å²) >= 11 is 0. The predicted molar refractivity (Wildman–Crippen MR) is 75.2 cm³/mol. The van der Waals surface area contributed by atoms with Crippen molar-refractivity contribution < 1.29 is 0 Å². The number of aryl methyl sites for hydroxylation is 3. The van der Waals surface area contributed by atoms with E-state index in [1.807, 2.05) is 44.0 Å². The van der Waals surface area contributed by atoms with Crippen LogP contribution in [-0.2, 0) is 19.9 Å². The van der Waals surface area contributed by atoms with E-state index in [0.717, 1.165) is 31.5 Å². The molecule has 102 valence electrons. The fraction of sp³-hybridized carbons (Fsp3) is 0.429. The Morgan fingerprint density at radius 3 is 2.58 bits per heavy atom. The number of nitrogens with two attached hydrogens (primary N) is 1. The number of rotatable bonds is 7. The molecule has 2 aromatic rings. The van der Waals surface area contributed by atoms with Crippen molar-refractivity contribution in [3.05, 3.63) is 48.3 Å². The molecule has 2 rings (SSSR count). The molecule has 0 amide bonds. The first-order valence-corrected chi connectivity index (χ1v) is 6.61. The van der Waals surface area contributed by atoms with Crippen molar-refractivity contribution in [3.8, 4) is 0 Å². The first-order valence-electron chi connectivity index (χ1n) is 6.61. The van der Waals surface area contributed by atoms with E-state index in [-0.39, 0.29) is 0 Å². The van der Waals surface area contributed by atoms with Crippen molar-refractivity contribution in [2.24, 2.45) is 12.9 Å². The SMILES string of the molecule is Cn1ccnc1CCC(CCc1ccncc1)NN. The molecule has 0 radical (unpaired) electrons. The third kappa shape index (κ3) is 4.15. The van der Waals surface area contributed by atoms with Crippen molar-refractivity contribution in [3.63, 3.8) is 0 Å². The summed E-state index contributed by atoms with van der Waals surface area (Å²) in [6.07, 6.45) is 11.4. The Morgan fingerprint density at radius 2 is 1.95 bits per heavy atom. The maximum absolute atomic E-state index is 5.62. The molecule has 2 aromatic heterocycles. The molecule has 19 heavy (non-hydrogen) atoms. The highest BCUT2D eigenvalue weighted by Gasteiger charge is 2.09. The molecule has 1 unspecified atom stereocenters. The summed E-state index contributed by atoms with van der Waals surface area (Å²) in [5, 5.41) is 0. The van der Waals surface area contributed by atoms with Gasteiger partial charge in [0.25, 0.3) is 0 Å². The molecule has 5 nitrogen and oxygen atoms in total. The van der Waals surface area contributed by atoms with E-state index in [1.165, 1.54) is 5.56 Å². The number of hydrogen-bond acceptors (Lipinski definition) is 4. The topological polar surface area (TPSA) is 68.8 Å². The lowest BCUT2D eigenvalue weighted by atomic mass is 10.0. The first-order chi connectivity index (χ1) is 9.29. The second-order valence-electron chi connectivity index (χ2n) is 4.75. The minimum absolute atomic E-state index is 0.310. The highest BCUT2D eigenvalue weighted by molar-refractivity contribution is 5.09. The minimum atomic E-state index is 0.310. The molecule has 0 aliphatic rings. The van der Waals surface area contributed by atoms with Gasteiger partial charge in [-0.25, -0.2) is 4.98 Å². The number of nitrogens with one attached hydrogen (secondary N) is 1. The zero-order valence-corrected chi connectivity index (χ0v) is 11.3. The molecule has 0 fully saturated rings. The average molecular weight is 259 g/mol. The molecule has 0 aliphatic heterocycles. The number of pyridine rings is 1. The smallest absolute Gasteiger partial charge is 0.108 e. The summed E-state index contributed by atoms with van der Waals surface area (Å²) in [7, 11) is 2.02. The van der Waals surface area contributed by atoms with Gasteiger partial charge >= 0.3 is 0 Å². The van der Waals surface area contributed by atoms with Crippen LogP contribution in [-0.4, -0.2) is 20.6 Å². The van der Waals surface area contributed by atoms with E-state index >= 15 is 0 Å². The molecular formula is C14H21N5. The summed E-state index contributed by atoms with van der Waals surface area (Å²) in [5.41, 5.74) is 4.20. The largest absolute Gasteiger partial charge is 0.338 e. The van der Waals surface area contributed by atoms with Gasteiger partial charge in [0.05, 0.1) is 0 Å². The second kappa shape index (κ2) is 7.01. The molecule has 0 saturated carbocycles. The van der Waals surface area contributed by atoms with Crippen molar-refractivity contribution in [2.75, 3.05) is 0 Å². The Balaban J connectivity index is 1.79. The highest BCUT2D eigenvalue weighted by atomic mass is 15.2. The van der Waals surface area contributed by atoms with Crippen LogP contribution in [0.4, 0.5) is 0 Å². The van der Waals surface area contributed by atoms with Crippen molar-refractivity contribution >= 4 is 0 Å². The van der Waals surface area contributed by atoms with Crippen LogP contribution in [0, 0.1) is 0 Å². The third-order valence-corrected chi connectivity index (χ3v) is 3.40. The standard InChI is InChI=1S/C14H21N5/c1-19-11-10-17-14(19)5-4-13(18-15)3-2-12-6-8-16-9-7-12/h6-11,13,18H,2-5,15H2,1H3. The van der Waals surface area contributed by atoms with Gasteiger partial charge < -0.3 is 4.57 Å². The first kappa shape index (κ1) is 13.7. The molecule has 0 spiro atoms. The normalized spacial score (nSPS) is 12.5. The molecule has 0 bridgehead atoms. The number of hydrazine groups is 1. The number of hydrogen-bond donors (Lipinski definition) is 2. The lowest BCUT2D eigenvalue weighted by molar-refractivity contribution is 0.457. The maximum atomic E-state index is 5.62. The Bertz CT molecular complexity index is 480. The Morgan fingerprint density at radius 1 is 1.21 bits per heavy atom.